The Hall–Kier alpha value is -2.38. The summed E-state index contributed by atoms with van der Waals surface area (Å²) in [6, 6.07) is -0.750. The molecule has 2 aromatic rings. The lowest BCUT2D eigenvalue weighted by Gasteiger charge is -2.16. The second-order valence-corrected chi connectivity index (χ2v) is 5.10. The van der Waals surface area contributed by atoms with Crippen molar-refractivity contribution in [3.63, 3.8) is 0 Å². The summed E-state index contributed by atoms with van der Waals surface area (Å²) < 4.78 is 1.57. The van der Waals surface area contributed by atoms with Gasteiger partial charge in [0.1, 0.15) is 11.9 Å². The van der Waals surface area contributed by atoms with Gasteiger partial charge < -0.3 is 16.2 Å². The molecule has 0 aliphatic carbocycles. The van der Waals surface area contributed by atoms with Gasteiger partial charge in [-0.1, -0.05) is 13.8 Å². The fraction of sp³-hybridized carbons (Fsp3) is 0.500. The Morgan fingerprint density at radius 3 is 2.80 bits per heavy atom. The summed E-state index contributed by atoms with van der Waals surface area (Å²) in [6.45, 7) is 3.91. The van der Waals surface area contributed by atoms with Crippen molar-refractivity contribution in [2.24, 2.45) is 13.0 Å². The monoisotopic (exact) mass is 278 g/mol. The van der Waals surface area contributed by atoms with Crippen molar-refractivity contribution in [1.82, 2.24) is 19.7 Å². The number of nitrogen functional groups attached to an aromatic ring is 1. The molecule has 108 valence electrons. The number of hydrogen-bond acceptors (Lipinski definition) is 6. The van der Waals surface area contributed by atoms with E-state index in [-0.39, 0.29) is 17.7 Å². The van der Waals surface area contributed by atoms with Gasteiger partial charge in [0.15, 0.2) is 5.65 Å². The SMILES string of the molecule is CC(C)C[C@H](Nc1nc(N)c2cnn(C)c2n1)C(=O)O. The van der Waals surface area contributed by atoms with Gasteiger partial charge in [-0.3, -0.25) is 4.68 Å². The number of aryl methyl sites for hydroxylation is 1. The van der Waals surface area contributed by atoms with E-state index in [1.807, 2.05) is 13.8 Å². The van der Waals surface area contributed by atoms with Crippen molar-refractivity contribution in [2.45, 2.75) is 26.3 Å². The fourth-order valence-corrected chi connectivity index (χ4v) is 1.96. The van der Waals surface area contributed by atoms with Crippen LogP contribution in [0, 0.1) is 5.92 Å². The van der Waals surface area contributed by atoms with Crippen molar-refractivity contribution in [1.29, 1.82) is 0 Å². The van der Waals surface area contributed by atoms with Gasteiger partial charge in [-0.2, -0.15) is 15.1 Å². The summed E-state index contributed by atoms with van der Waals surface area (Å²) in [5.74, 6) is -0.224. The van der Waals surface area contributed by atoms with E-state index in [1.54, 1.807) is 17.9 Å². The van der Waals surface area contributed by atoms with Crippen LogP contribution in [0.4, 0.5) is 11.8 Å². The summed E-state index contributed by atoms with van der Waals surface area (Å²) in [4.78, 5) is 19.6. The summed E-state index contributed by atoms with van der Waals surface area (Å²) in [5.41, 5.74) is 6.40. The summed E-state index contributed by atoms with van der Waals surface area (Å²) in [5, 5.41) is 16.7. The van der Waals surface area contributed by atoms with E-state index < -0.39 is 12.0 Å². The average Bonchev–Trinajstić information content (AvgIpc) is 2.70. The van der Waals surface area contributed by atoms with E-state index in [9.17, 15) is 9.90 Å². The number of rotatable bonds is 5. The van der Waals surface area contributed by atoms with E-state index in [4.69, 9.17) is 5.73 Å². The van der Waals surface area contributed by atoms with Crippen LogP contribution >= 0.6 is 0 Å². The molecule has 0 aliphatic heterocycles. The zero-order valence-corrected chi connectivity index (χ0v) is 11.7. The minimum absolute atomic E-state index is 0.201. The van der Waals surface area contributed by atoms with Crippen LogP contribution in [-0.4, -0.2) is 36.9 Å². The lowest BCUT2D eigenvalue weighted by molar-refractivity contribution is -0.138. The highest BCUT2D eigenvalue weighted by molar-refractivity contribution is 5.86. The number of carboxylic acids is 1. The van der Waals surface area contributed by atoms with Crippen molar-refractivity contribution in [3.8, 4) is 0 Å². The fourth-order valence-electron chi connectivity index (χ4n) is 1.96. The molecule has 8 heteroatoms. The number of carboxylic acid groups (broad SMARTS) is 1. The number of aromatic nitrogens is 4. The molecule has 0 saturated heterocycles. The van der Waals surface area contributed by atoms with E-state index in [0.717, 1.165) is 0 Å². The molecule has 0 saturated carbocycles. The highest BCUT2D eigenvalue weighted by atomic mass is 16.4. The third kappa shape index (κ3) is 2.79. The van der Waals surface area contributed by atoms with Crippen LogP contribution in [0.1, 0.15) is 20.3 Å². The maximum Gasteiger partial charge on any atom is 0.326 e. The van der Waals surface area contributed by atoms with Crippen molar-refractivity contribution >= 4 is 28.8 Å². The van der Waals surface area contributed by atoms with Gasteiger partial charge >= 0.3 is 5.97 Å². The highest BCUT2D eigenvalue weighted by Crippen LogP contribution is 2.19. The van der Waals surface area contributed by atoms with Crippen LogP contribution in [0.15, 0.2) is 6.20 Å². The molecule has 0 bridgehead atoms. The number of nitrogens with one attached hydrogen (secondary N) is 1. The number of anilines is 2. The first kappa shape index (κ1) is 14.0. The van der Waals surface area contributed by atoms with E-state index >= 15 is 0 Å². The molecule has 20 heavy (non-hydrogen) atoms. The smallest absolute Gasteiger partial charge is 0.326 e. The van der Waals surface area contributed by atoms with Crippen molar-refractivity contribution in [3.05, 3.63) is 6.20 Å². The summed E-state index contributed by atoms with van der Waals surface area (Å²) in [6.07, 6.45) is 2.05. The quantitative estimate of drug-likeness (QED) is 0.741. The molecule has 0 unspecified atom stereocenters. The second kappa shape index (κ2) is 5.32. The van der Waals surface area contributed by atoms with Gasteiger partial charge in [0.2, 0.25) is 5.95 Å². The standard InChI is InChI=1S/C12H18N6O2/c1-6(2)4-8(11(19)20)15-12-16-9(13)7-5-14-18(3)10(7)17-12/h5-6,8H,4H2,1-3H3,(H,19,20)(H3,13,15,16,17)/t8-/m0/s1. The van der Waals surface area contributed by atoms with Gasteiger partial charge in [0, 0.05) is 7.05 Å². The Bertz CT molecular complexity index is 636. The maximum atomic E-state index is 11.2. The Morgan fingerprint density at radius 2 is 2.20 bits per heavy atom. The number of carbonyl (C=O) groups is 1. The van der Waals surface area contributed by atoms with Crippen LogP contribution in [0.3, 0.4) is 0 Å². The molecule has 0 radical (unpaired) electrons. The molecule has 0 aliphatic rings. The summed E-state index contributed by atoms with van der Waals surface area (Å²) in [7, 11) is 1.74. The van der Waals surface area contributed by atoms with E-state index in [0.29, 0.717) is 17.5 Å². The molecule has 2 rings (SSSR count). The molecule has 0 amide bonds. The summed E-state index contributed by atoms with van der Waals surface area (Å²) >= 11 is 0. The molecule has 4 N–H and O–H groups in total. The highest BCUT2D eigenvalue weighted by Gasteiger charge is 2.20. The lowest BCUT2D eigenvalue weighted by Crippen LogP contribution is -2.31. The Labute approximate surface area is 116 Å². The zero-order valence-electron chi connectivity index (χ0n) is 11.7. The van der Waals surface area contributed by atoms with Gasteiger partial charge in [-0.25, -0.2) is 4.79 Å². The van der Waals surface area contributed by atoms with Crippen LogP contribution < -0.4 is 11.1 Å². The predicted molar refractivity (Wildman–Crippen MR) is 75.2 cm³/mol. The van der Waals surface area contributed by atoms with Gasteiger partial charge in [0.05, 0.1) is 11.6 Å². The van der Waals surface area contributed by atoms with Crippen LogP contribution in [0.25, 0.3) is 11.0 Å². The van der Waals surface area contributed by atoms with Crippen LogP contribution in [-0.2, 0) is 11.8 Å². The molecular weight excluding hydrogens is 260 g/mol. The third-order valence-corrected chi connectivity index (χ3v) is 2.93. The Balaban J connectivity index is 2.32. The molecule has 0 aromatic carbocycles. The first-order valence-electron chi connectivity index (χ1n) is 6.33. The first-order valence-corrected chi connectivity index (χ1v) is 6.33. The molecule has 0 fully saturated rings. The molecule has 2 heterocycles. The zero-order chi connectivity index (χ0) is 14.9. The number of hydrogen-bond donors (Lipinski definition) is 3. The van der Waals surface area contributed by atoms with Gasteiger partial charge in [-0.05, 0) is 12.3 Å². The number of aliphatic carboxylic acids is 1. The van der Waals surface area contributed by atoms with Crippen molar-refractivity contribution < 1.29 is 9.90 Å². The molecular formula is C12H18N6O2. The Morgan fingerprint density at radius 1 is 1.50 bits per heavy atom. The molecule has 0 spiro atoms. The molecule has 8 nitrogen and oxygen atoms in total. The van der Waals surface area contributed by atoms with Crippen LogP contribution in [0.2, 0.25) is 0 Å². The van der Waals surface area contributed by atoms with Crippen molar-refractivity contribution in [2.75, 3.05) is 11.1 Å². The number of nitrogens with two attached hydrogens (primary N) is 1. The third-order valence-electron chi connectivity index (χ3n) is 2.93. The molecule has 2 aromatic heterocycles. The minimum Gasteiger partial charge on any atom is -0.480 e. The van der Waals surface area contributed by atoms with E-state index in [1.165, 1.54) is 0 Å². The predicted octanol–water partition coefficient (Wildman–Crippen LogP) is 0.857. The largest absolute Gasteiger partial charge is 0.480 e. The Kier molecular flexibility index (Phi) is 3.73. The minimum atomic E-state index is -0.939. The lowest BCUT2D eigenvalue weighted by atomic mass is 10.0. The first-order chi connectivity index (χ1) is 9.38. The normalized spacial score (nSPS) is 12.8. The van der Waals surface area contributed by atoms with Gasteiger partial charge in [-0.15, -0.1) is 0 Å². The maximum absolute atomic E-state index is 11.2. The topological polar surface area (TPSA) is 119 Å². The average molecular weight is 278 g/mol. The number of fused-ring (bicyclic) bond motifs is 1. The van der Waals surface area contributed by atoms with E-state index in [2.05, 4.69) is 20.4 Å². The number of nitrogens with zero attached hydrogens (tertiary/aromatic N) is 4. The second-order valence-electron chi connectivity index (χ2n) is 5.10. The van der Waals surface area contributed by atoms with Gasteiger partial charge in [0.25, 0.3) is 0 Å². The molecule has 1 atom stereocenters. The van der Waals surface area contributed by atoms with Crippen LogP contribution in [0.5, 0.6) is 0 Å².